The summed E-state index contributed by atoms with van der Waals surface area (Å²) < 4.78 is 11.0. The number of morpholine rings is 1. The fourth-order valence-electron chi connectivity index (χ4n) is 2.12. The Morgan fingerprint density at radius 3 is 2.79 bits per heavy atom. The molecule has 6 heteroatoms. The largest absolute Gasteiger partial charge is 0.504 e. The molecule has 1 aliphatic rings. The van der Waals surface area contributed by atoms with Gasteiger partial charge in [0.2, 0.25) is 0 Å². The van der Waals surface area contributed by atoms with Crippen LogP contribution in [0.4, 0.5) is 0 Å². The molecule has 1 aliphatic heterocycles. The number of methoxy groups -OCH3 is 1. The van der Waals surface area contributed by atoms with E-state index in [1.165, 1.54) is 7.11 Å². The second-order valence-electron chi connectivity index (χ2n) is 4.32. The first-order chi connectivity index (χ1) is 9.17. The molecule has 0 bridgehead atoms. The first kappa shape index (κ1) is 14.3. The highest BCUT2D eigenvalue weighted by atomic mass is 79.9. The number of benzene rings is 1. The number of aldehydes is 1. The molecule has 1 N–H and O–H groups in total. The molecular formula is C13H16BrNO4. The van der Waals surface area contributed by atoms with Crippen molar-refractivity contribution < 1.29 is 19.4 Å². The lowest BCUT2D eigenvalue weighted by Gasteiger charge is -2.27. The van der Waals surface area contributed by atoms with Crippen LogP contribution >= 0.6 is 15.9 Å². The Labute approximate surface area is 120 Å². The maximum absolute atomic E-state index is 11.0. The SMILES string of the molecule is COc1c(O)c(CN2CCOCC2)cc(Br)c1C=O. The average molecular weight is 330 g/mol. The standard InChI is InChI=1S/C13H16BrNO4/c1-18-13-10(8-16)11(14)6-9(12(13)17)7-15-2-4-19-5-3-15/h6,8,17H,2-5,7H2,1H3. The summed E-state index contributed by atoms with van der Waals surface area (Å²) >= 11 is 3.33. The number of carbonyl (C=O) groups is 1. The third-order valence-corrected chi connectivity index (χ3v) is 3.80. The van der Waals surface area contributed by atoms with Crippen LogP contribution in [-0.2, 0) is 11.3 Å². The van der Waals surface area contributed by atoms with Gasteiger partial charge in [-0.3, -0.25) is 9.69 Å². The van der Waals surface area contributed by atoms with E-state index in [9.17, 15) is 9.90 Å². The summed E-state index contributed by atoms with van der Waals surface area (Å²) in [7, 11) is 1.44. The number of rotatable bonds is 4. The van der Waals surface area contributed by atoms with E-state index in [4.69, 9.17) is 9.47 Å². The molecule has 0 aromatic heterocycles. The Morgan fingerprint density at radius 2 is 2.21 bits per heavy atom. The third-order valence-electron chi connectivity index (χ3n) is 3.14. The van der Waals surface area contributed by atoms with Gasteiger partial charge in [-0.05, 0) is 22.0 Å². The van der Waals surface area contributed by atoms with Gasteiger partial charge in [0.25, 0.3) is 0 Å². The van der Waals surface area contributed by atoms with Crippen LogP contribution in [0.3, 0.4) is 0 Å². The molecule has 1 heterocycles. The third kappa shape index (κ3) is 3.08. The van der Waals surface area contributed by atoms with Gasteiger partial charge in [0.05, 0.1) is 25.9 Å². The first-order valence-electron chi connectivity index (χ1n) is 6.01. The molecule has 1 aromatic rings. The lowest BCUT2D eigenvalue weighted by molar-refractivity contribution is 0.0338. The summed E-state index contributed by atoms with van der Waals surface area (Å²) in [6, 6.07) is 1.76. The number of carbonyl (C=O) groups excluding carboxylic acids is 1. The van der Waals surface area contributed by atoms with E-state index in [-0.39, 0.29) is 11.5 Å². The molecule has 0 unspecified atom stereocenters. The molecular weight excluding hydrogens is 314 g/mol. The second kappa shape index (κ2) is 6.36. The number of hydrogen-bond acceptors (Lipinski definition) is 5. The number of aromatic hydroxyl groups is 1. The molecule has 1 aromatic carbocycles. The summed E-state index contributed by atoms with van der Waals surface area (Å²) in [6.45, 7) is 3.66. The molecule has 1 saturated heterocycles. The summed E-state index contributed by atoms with van der Waals surface area (Å²) in [5, 5.41) is 10.2. The lowest BCUT2D eigenvalue weighted by Crippen LogP contribution is -2.35. The summed E-state index contributed by atoms with van der Waals surface area (Å²) in [4.78, 5) is 13.2. The second-order valence-corrected chi connectivity index (χ2v) is 5.17. The lowest BCUT2D eigenvalue weighted by atomic mass is 10.1. The number of phenolic OH excluding ortho intramolecular Hbond substituents is 1. The van der Waals surface area contributed by atoms with Crippen molar-refractivity contribution in [1.82, 2.24) is 4.90 Å². The van der Waals surface area contributed by atoms with Crippen molar-refractivity contribution in [1.29, 1.82) is 0 Å². The van der Waals surface area contributed by atoms with E-state index in [2.05, 4.69) is 20.8 Å². The fourth-order valence-corrected chi connectivity index (χ4v) is 2.67. The molecule has 104 valence electrons. The fraction of sp³-hybridized carbons (Fsp3) is 0.462. The topological polar surface area (TPSA) is 59.0 Å². The van der Waals surface area contributed by atoms with Crippen LogP contribution in [0.25, 0.3) is 0 Å². The number of halogens is 1. The van der Waals surface area contributed by atoms with E-state index < -0.39 is 0 Å². The van der Waals surface area contributed by atoms with Crippen LogP contribution < -0.4 is 4.74 Å². The number of nitrogens with zero attached hydrogens (tertiary/aromatic N) is 1. The summed E-state index contributed by atoms with van der Waals surface area (Å²) in [5.74, 6) is 0.243. The van der Waals surface area contributed by atoms with Gasteiger partial charge in [-0.1, -0.05) is 0 Å². The number of phenols is 1. The minimum Gasteiger partial charge on any atom is -0.504 e. The van der Waals surface area contributed by atoms with Gasteiger partial charge in [-0.15, -0.1) is 0 Å². The van der Waals surface area contributed by atoms with E-state index in [0.717, 1.165) is 18.7 Å². The number of ether oxygens (including phenoxy) is 2. The van der Waals surface area contributed by atoms with Gasteiger partial charge in [0, 0.05) is 29.7 Å². The Hall–Kier alpha value is -1.11. The van der Waals surface area contributed by atoms with E-state index >= 15 is 0 Å². The molecule has 0 saturated carbocycles. The highest BCUT2D eigenvalue weighted by molar-refractivity contribution is 9.10. The van der Waals surface area contributed by atoms with Crippen molar-refractivity contribution in [3.8, 4) is 11.5 Å². The van der Waals surface area contributed by atoms with Crippen LogP contribution in [0.15, 0.2) is 10.5 Å². The summed E-state index contributed by atoms with van der Waals surface area (Å²) in [6.07, 6.45) is 0.668. The molecule has 19 heavy (non-hydrogen) atoms. The van der Waals surface area contributed by atoms with E-state index in [1.807, 2.05) is 0 Å². The molecule has 0 spiro atoms. The van der Waals surface area contributed by atoms with Crippen molar-refractivity contribution >= 4 is 22.2 Å². The maximum Gasteiger partial charge on any atom is 0.172 e. The van der Waals surface area contributed by atoms with Gasteiger partial charge in [0.15, 0.2) is 17.8 Å². The molecule has 0 aliphatic carbocycles. The molecule has 0 amide bonds. The van der Waals surface area contributed by atoms with Crippen molar-refractivity contribution in [3.63, 3.8) is 0 Å². The predicted molar refractivity (Wildman–Crippen MR) is 73.8 cm³/mol. The summed E-state index contributed by atoms with van der Waals surface area (Å²) in [5.41, 5.74) is 1.06. The van der Waals surface area contributed by atoms with Crippen molar-refractivity contribution in [2.45, 2.75) is 6.54 Å². The molecule has 0 atom stereocenters. The van der Waals surface area contributed by atoms with Crippen LogP contribution in [0, 0.1) is 0 Å². The monoisotopic (exact) mass is 329 g/mol. The van der Waals surface area contributed by atoms with Crippen molar-refractivity contribution in [3.05, 3.63) is 21.7 Å². The van der Waals surface area contributed by atoms with Crippen LogP contribution in [0.5, 0.6) is 11.5 Å². The Kier molecular flexibility index (Phi) is 4.79. The highest BCUT2D eigenvalue weighted by Crippen LogP contribution is 2.38. The predicted octanol–water partition coefficient (Wildman–Crippen LogP) is 1.81. The average Bonchev–Trinajstić information content (AvgIpc) is 2.43. The van der Waals surface area contributed by atoms with Gasteiger partial charge in [0.1, 0.15) is 0 Å². The maximum atomic E-state index is 11.0. The molecule has 1 fully saturated rings. The van der Waals surface area contributed by atoms with Gasteiger partial charge < -0.3 is 14.6 Å². The molecule has 0 radical (unpaired) electrons. The van der Waals surface area contributed by atoms with Crippen molar-refractivity contribution in [2.75, 3.05) is 33.4 Å². The quantitative estimate of drug-likeness (QED) is 0.854. The van der Waals surface area contributed by atoms with Crippen LogP contribution in [-0.4, -0.2) is 49.7 Å². The van der Waals surface area contributed by atoms with Gasteiger partial charge in [-0.25, -0.2) is 0 Å². The first-order valence-corrected chi connectivity index (χ1v) is 6.80. The number of hydrogen-bond donors (Lipinski definition) is 1. The Balaban J connectivity index is 2.29. The highest BCUT2D eigenvalue weighted by Gasteiger charge is 2.19. The Morgan fingerprint density at radius 1 is 1.53 bits per heavy atom. The Bertz CT molecular complexity index is 472. The zero-order valence-electron chi connectivity index (χ0n) is 10.7. The van der Waals surface area contributed by atoms with Crippen molar-refractivity contribution in [2.24, 2.45) is 0 Å². The van der Waals surface area contributed by atoms with Gasteiger partial charge in [-0.2, -0.15) is 0 Å². The van der Waals surface area contributed by atoms with E-state index in [0.29, 0.717) is 36.1 Å². The zero-order chi connectivity index (χ0) is 13.8. The normalized spacial score (nSPS) is 16.3. The molecule has 2 rings (SSSR count). The minimum atomic E-state index is 0.0271. The van der Waals surface area contributed by atoms with Crippen LogP contribution in [0.2, 0.25) is 0 Å². The zero-order valence-corrected chi connectivity index (χ0v) is 12.3. The smallest absolute Gasteiger partial charge is 0.172 e. The minimum absolute atomic E-state index is 0.0271. The van der Waals surface area contributed by atoms with E-state index in [1.54, 1.807) is 6.07 Å². The molecule has 5 nitrogen and oxygen atoms in total. The van der Waals surface area contributed by atoms with Crippen LogP contribution in [0.1, 0.15) is 15.9 Å². The van der Waals surface area contributed by atoms with Gasteiger partial charge >= 0.3 is 0 Å².